The predicted molar refractivity (Wildman–Crippen MR) is 78.3 cm³/mol. The molecule has 6 nitrogen and oxygen atoms in total. The third-order valence-corrected chi connectivity index (χ3v) is 3.37. The first-order chi connectivity index (χ1) is 9.90. The molecule has 0 aliphatic rings. The molecule has 3 N–H and O–H groups in total. The summed E-state index contributed by atoms with van der Waals surface area (Å²) < 4.78 is 19.4. The van der Waals surface area contributed by atoms with E-state index in [4.69, 9.17) is 15.9 Å². The van der Waals surface area contributed by atoms with Crippen molar-refractivity contribution in [2.24, 2.45) is 5.73 Å². The minimum Gasteiger partial charge on any atom is -0.454 e. The van der Waals surface area contributed by atoms with Crippen LogP contribution < -0.4 is 10.5 Å². The monoisotopic (exact) mass is 353 g/mol. The molecular formula is C13H9BrFN3O3. The molecule has 0 aliphatic heterocycles. The number of ether oxygens (including phenoxy) is 1. The molecule has 0 spiro atoms. The number of nitrogens with one attached hydrogen (secondary N) is 1. The van der Waals surface area contributed by atoms with Gasteiger partial charge in [-0.3, -0.25) is 15.5 Å². The van der Waals surface area contributed by atoms with E-state index in [2.05, 4.69) is 15.9 Å². The summed E-state index contributed by atoms with van der Waals surface area (Å²) in [5.41, 5.74) is 5.34. The second-order valence-electron chi connectivity index (χ2n) is 4.01. The molecule has 0 atom stereocenters. The Balaban J connectivity index is 2.36. The molecule has 0 aliphatic carbocycles. The van der Waals surface area contributed by atoms with E-state index in [0.717, 1.165) is 0 Å². The maximum Gasteiger partial charge on any atom is 0.273 e. The topological polar surface area (TPSA) is 102 Å². The van der Waals surface area contributed by atoms with Gasteiger partial charge in [-0.05, 0) is 34.1 Å². The van der Waals surface area contributed by atoms with Crippen LogP contribution in [0.2, 0.25) is 0 Å². The van der Waals surface area contributed by atoms with Crippen LogP contribution in [0.1, 0.15) is 5.56 Å². The van der Waals surface area contributed by atoms with Gasteiger partial charge in [0.2, 0.25) is 0 Å². The third-order valence-electron chi connectivity index (χ3n) is 2.59. The molecule has 0 saturated carbocycles. The molecule has 0 amide bonds. The van der Waals surface area contributed by atoms with Crippen molar-refractivity contribution < 1.29 is 14.1 Å². The summed E-state index contributed by atoms with van der Waals surface area (Å²) in [6, 6.07) is 8.12. The number of halogens is 2. The van der Waals surface area contributed by atoms with Crippen molar-refractivity contribution in [3.8, 4) is 11.5 Å². The van der Waals surface area contributed by atoms with Crippen LogP contribution >= 0.6 is 15.9 Å². The lowest BCUT2D eigenvalue weighted by Crippen LogP contribution is -2.12. The van der Waals surface area contributed by atoms with Crippen molar-refractivity contribution in [3.05, 3.63) is 62.4 Å². The molecule has 0 radical (unpaired) electrons. The van der Waals surface area contributed by atoms with E-state index in [9.17, 15) is 14.5 Å². The normalized spacial score (nSPS) is 10.2. The SMILES string of the molecule is N=C(N)c1ccc(Oc2cccc([N+](=O)[O-])c2)c(F)c1Br. The Morgan fingerprint density at radius 3 is 2.71 bits per heavy atom. The summed E-state index contributed by atoms with van der Waals surface area (Å²) in [6.07, 6.45) is 0. The fourth-order valence-corrected chi connectivity index (χ4v) is 2.15. The lowest BCUT2D eigenvalue weighted by atomic mass is 10.2. The molecule has 2 aromatic carbocycles. The standard InChI is InChI=1S/C13H9BrFN3O3/c14-11-9(13(16)17)4-5-10(12(11)15)21-8-3-1-2-7(6-8)18(19)20/h1-6H,(H3,16,17). The number of hydrogen-bond acceptors (Lipinski definition) is 4. The molecule has 21 heavy (non-hydrogen) atoms. The van der Waals surface area contributed by atoms with Crippen molar-refractivity contribution in [1.82, 2.24) is 0 Å². The Kier molecular flexibility index (Phi) is 4.18. The van der Waals surface area contributed by atoms with Gasteiger partial charge in [-0.1, -0.05) is 6.07 Å². The Morgan fingerprint density at radius 1 is 1.38 bits per heavy atom. The average molecular weight is 354 g/mol. The number of nitro groups is 1. The molecule has 8 heteroatoms. The Labute approximate surface area is 127 Å². The molecular weight excluding hydrogens is 345 g/mol. The van der Waals surface area contributed by atoms with Gasteiger partial charge in [-0.25, -0.2) is 4.39 Å². The van der Waals surface area contributed by atoms with Crippen molar-refractivity contribution in [1.29, 1.82) is 5.41 Å². The van der Waals surface area contributed by atoms with Gasteiger partial charge in [-0.15, -0.1) is 0 Å². The highest BCUT2D eigenvalue weighted by Gasteiger charge is 2.15. The highest BCUT2D eigenvalue weighted by molar-refractivity contribution is 9.10. The quantitative estimate of drug-likeness (QED) is 0.379. The minimum absolute atomic E-state index is 0.00192. The number of nitrogen functional groups attached to an aromatic ring is 1. The predicted octanol–water partition coefficient (Wildman–Crippen LogP) is 3.57. The maximum atomic E-state index is 14.1. The van der Waals surface area contributed by atoms with Crippen molar-refractivity contribution in [2.45, 2.75) is 0 Å². The Hall–Kier alpha value is -2.48. The van der Waals surface area contributed by atoms with Crippen LogP contribution in [-0.2, 0) is 0 Å². The van der Waals surface area contributed by atoms with Crippen molar-refractivity contribution in [3.63, 3.8) is 0 Å². The van der Waals surface area contributed by atoms with Crippen LogP contribution in [0.4, 0.5) is 10.1 Å². The van der Waals surface area contributed by atoms with Crippen LogP contribution in [0.3, 0.4) is 0 Å². The third kappa shape index (κ3) is 3.16. The zero-order valence-corrected chi connectivity index (χ0v) is 12.1. The number of non-ortho nitro benzene ring substituents is 1. The Bertz CT molecular complexity index is 737. The van der Waals surface area contributed by atoms with Gasteiger partial charge in [0.25, 0.3) is 5.69 Å². The first kappa shape index (κ1) is 14.9. The molecule has 0 heterocycles. The number of hydrogen-bond donors (Lipinski definition) is 2. The van der Waals surface area contributed by atoms with Crippen LogP contribution in [0, 0.1) is 21.3 Å². The molecule has 0 fully saturated rings. The molecule has 0 aromatic heterocycles. The summed E-state index contributed by atoms with van der Waals surface area (Å²) in [5, 5.41) is 18.0. The first-order valence-corrected chi connectivity index (χ1v) is 6.44. The second kappa shape index (κ2) is 5.88. The summed E-state index contributed by atoms with van der Waals surface area (Å²) in [6.45, 7) is 0. The van der Waals surface area contributed by atoms with Gasteiger partial charge in [0.05, 0.1) is 15.5 Å². The fraction of sp³-hybridized carbons (Fsp3) is 0. The first-order valence-electron chi connectivity index (χ1n) is 5.65. The maximum absolute atomic E-state index is 14.1. The van der Waals surface area contributed by atoms with E-state index in [-0.39, 0.29) is 33.1 Å². The summed E-state index contributed by atoms with van der Waals surface area (Å²) in [5.74, 6) is -1.03. The van der Waals surface area contributed by atoms with E-state index < -0.39 is 10.7 Å². The Morgan fingerprint density at radius 2 is 2.10 bits per heavy atom. The van der Waals surface area contributed by atoms with E-state index in [0.29, 0.717) is 0 Å². The summed E-state index contributed by atoms with van der Waals surface area (Å²) in [4.78, 5) is 10.1. The van der Waals surface area contributed by atoms with E-state index in [1.807, 2.05) is 0 Å². The average Bonchev–Trinajstić information content (AvgIpc) is 2.44. The minimum atomic E-state index is -0.741. The lowest BCUT2D eigenvalue weighted by molar-refractivity contribution is -0.384. The zero-order chi connectivity index (χ0) is 15.6. The van der Waals surface area contributed by atoms with E-state index in [1.54, 1.807) is 0 Å². The number of benzene rings is 2. The zero-order valence-electron chi connectivity index (χ0n) is 10.5. The van der Waals surface area contributed by atoms with Crippen LogP contribution in [-0.4, -0.2) is 10.8 Å². The summed E-state index contributed by atoms with van der Waals surface area (Å²) >= 11 is 3.00. The van der Waals surface area contributed by atoms with Gasteiger partial charge in [0.1, 0.15) is 11.6 Å². The van der Waals surface area contributed by atoms with Crippen LogP contribution in [0.25, 0.3) is 0 Å². The molecule has 2 rings (SSSR count). The largest absolute Gasteiger partial charge is 0.454 e. The van der Waals surface area contributed by atoms with Gasteiger partial charge in [0.15, 0.2) is 11.6 Å². The molecule has 108 valence electrons. The lowest BCUT2D eigenvalue weighted by Gasteiger charge is -2.10. The number of rotatable bonds is 4. The summed E-state index contributed by atoms with van der Waals surface area (Å²) in [7, 11) is 0. The van der Waals surface area contributed by atoms with E-state index in [1.165, 1.54) is 36.4 Å². The van der Waals surface area contributed by atoms with Gasteiger partial charge in [-0.2, -0.15) is 0 Å². The van der Waals surface area contributed by atoms with Gasteiger partial charge in [0, 0.05) is 11.6 Å². The smallest absolute Gasteiger partial charge is 0.273 e. The highest BCUT2D eigenvalue weighted by Crippen LogP contribution is 2.32. The van der Waals surface area contributed by atoms with Gasteiger partial charge >= 0.3 is 0 Å². The highest BCUT2D eigenvalue weighted by atomic mass is 79.9. The number of nitro benzene ring substituents is 1. The molecule has 0 unspecified atom stereocenters. The van der Waals surface area contributed by atoms with Crippen molar-refractivity contribution in [2.75, 3.05) is 0 Å². The van der Waals surface area contributed by atoms with E-state index >= 15 is 0 Å². The van der Waals surface area contributed by atoms with Gasteiger partial charge < -0.3 is 10.5 Å². The fourth-order valence-electron chi connectivity index (χ4n) is 1.61. The van der Waals surface area contributed by atoms with Crippen LogP contribution in [0.15, 0.2) is 40.9 Å². The van der Waals surface area contributed by atoms with Crippen molar-refractivity contribution >= 4 is 27.5 Å². The molecule has 0 bridgehead atoms. The molecule has 0 saturated heterocycles. The molecule has 2 aromatic rings. The van der Waals surface area contributed by atoms with Crippen LogP contribution in [0.5, 0.6) is 11.5 Å². The second-order valence-corrected chi connectivity index (χ2v) is 4.80. The number of amidine groups is 1. The number of nitrogens with zero attached hydrogens (tertiary/aromatic N) is 1. The number of nitrogens with two attached hydrogens (primary N) is 1.